The molecule has 0 aliphatic carbocycles. The van der Waals surface area contributed by atoms with E-state index in [0.29, 0.717) is 37.5 Å². The highest BCUT2D eigenvalue weighted by atomic mass is 31.2. The minimum Gasteiger partial charge on any atom is -0.462 e. The Morgan fingerprint density at radius 2 is 0.517 bits per heavy atom. The summed E-state index contributed by atoms with van der Waals surface area (Å²) in [7, 11) is -9.90. The Balaban J connectivity index is 5.22. The van der Waals surface area contributed by atoms with Gasteiger partial charge in [0.1, 0.15) is 19.3 Å². The van der Waals surface area contributed by atoms with E-state index < -0.39 is 97.5 Å². The number of carbonyl (C=O) groups excluding carboxylic acids is 4. The van der Waals surface area contributed by atoms with E-state index in [1.54, 1.807) is 0 Å². The Labute approximate surface area is 543 Å². The number of hydrogen-bond donors (Lipinski definition) is 3. The Morgan fingerprint density at radius 3 is 0.764 bits per heavy atom. The van der Waals surface area contributed by atoms with Crippen molar-refractivity contribution in [2.24, 2.45) is 11.8 Å². The van der Waals surface area contributed by atoms with Crippen LogP contribution in [-0.4, -0.2) is 96.7 Å². The molecule has 528 valence electrons. The van der Waals surface area contributed by atoms with E-state index in [0.717, 1.165) is 96.3 Å². The maximum absolute atomic E-state index is 13.0. The van der Waals surface area contributed by atoms with Crippen molar-refractivity contribution in [3.05, 3.63) is 0 Å². The first-order valence-electron chi connectivity index (χ1n) is 36.5. The number of phosphoric ester groups is 2. The van der Waals surface area contributed by atoms with Gasteiger partial charge in [0.05, 0.1) is 26.4 Å². The van der Waals surface area contributed by atoms with Crippen LogP contribution in [0.25, 0.3) is 0 Å². The number of rotatable bonds is 69. The lowest BCUT2D eigenvalue weighted by Crippen LogP contribution is -2.30. The fourth-order valence-corrected chi connectivity index (χ4v) is 12.2. The number of carbonyl (C=O) groups is 4. The second kappa shape index (κ2) is 62.2. The monoisotopic (exact) mass is 1310 g/mol. The molecule has 0 spiro atoms. The SMILES string of the molecule is CCCCCCCCCCCCCCCCCCCC(=O)O[C@H](COC(=O)CCCCCCCCCCCCCC)COP(=O)(O)OC[C@@H](O)COP(=O)(O)OC[C@@H](COC(=O)CCCCCCCCCC(C)C)OC(=O)CCCCCCCCCC(C)C. The molecular weight excluding hydrogens is 1170 g/mol. The third-order valence-corrected chi connectivity index (χ3v) is 18.1. The summed E-state index contributed by atoms with van der Waals surface area (Å²) < 4.78 is 68.2. The second-order valence-electron chi connectivity index (χ2n) is 26.2. The van der Waals surface area contributed by atoms with E-state index in [1.165, 1.54) is 167 Å². The lowest BCUT2D eigenvalue weighted by molar-refractivity contribution is -0.161. The van der Waals surface area contributed by atoms with Gasteiger partial charge in [-0.2, -0.15) is 0 Å². The summed E-state index contributed by atoms with van der Waals surface area (Å²) in [5.74, 6) is -0.726. The third kappa shape index (κ3) is 64.6. The highest BCUT2D eigenvalue weighted by Gasteiger charge is 2.30. The summed E-state index contributed by atoms with van der Waals surface area (Å²) in [6, 6.07) is 0. The molecule has 0 radical (unpaired) electrons. The molecule has 19 heteroatoms. The first kappa shape index (κ1) is 87.1. The molecule has 0 bridgehead atoms. The Morgan fingerprint density at radius 1 is 0.303 bits per heavy atom. The highest BCUT2D eigenvalue weighted by molar-refractivity contribution is 7.47. The summed E-state index contributed by atoms with van der Waals surface area (Å²) in [6.07, 6.45) is 47.4. The standard InChI is InChI=1S/C70H136O17P2/c1-7-9-11-13-15-17-19-21-22-23-24-25-27-29-35-42-48-54-69(74)86-65(58-80-67(72)52-46-40-34-28-26-20-18-16-14-12-10-8-2)60-84-88(76,77)82-56-64(71)57-83-89(78,79)85-61-66(87-70(75)55-49-43-37-31-33-39-45-51-63(5)6)59-81-68(73)53-47-41-36-30-32-38-44-50-62(3)4/h62-66,71H,7-61H2,1-6H3,(H,76,77)(H,78,79)/t64-,65-,66-/m1/s1. The van der Waals surface area contributed by atoms with Crippen molar-refractivity contribution >= 4 is 39.5 Å². The fourth-order valence-electron chi connectivity index (χ4n) is 10.6. The van der Waals surface area contributed by atoms with Gasteiger partial charge in [0.25, 0.3) is 0 Å². The molecule has 0 aliphatic rings. The summed E-state index contributed by atoms with van der Waals surface area (Å²) in [5, 5.41) is 10.6. The average molecular weight is 1310 g/mol. The summed E-state index contributed by atoms with van der Waals surface area (Å²) in [6.45, 7) is 9.43. The summed E-state index contributed by atoms with van der Waals surface area (Å²) in [4.78, 5) is 72.5. The van der Waals surface area contributed by atoms with Crippen LogP contribution in [0.4, 0.5) is 0 Å². The van der Waals surface area contributed by atoms with Crippen molar-refractivity contribution in [1.82, 2.24) is 0 Å². The predicted molar refractivity (Wildman–Crippen MR) is 358 cm³/mol. The van der Waals surface area contributed by atoms with Crippen LogP contribution in [0, 0.1) is 11.8 Å². The van der Waals surface area contributed by atoms with Gasteiger partial charge in [0.2, 0.25) is 0 Å². The number of aliphatic hydroxyl groups is 1. The predicted octanol–water partition coefficient (Wildman–Crippen LogP) is 20.0. The summed E-state index contributed by atoms with van der Waals surface area (Å²) in [5.41, 5.74) is 0. The van der Waals surface area contributed by atoms with Crippen LogP contribution in [0.3, 0.4) is 0 Å². The van der Waals surface area contributed by atoms with Gasteiger partial charge < -0.3 is 33.8 Å². The van der Waals surface area contributed by atoms with Crippen LogP contribution >= 0.6 is 15.6 Å². The van der Waals surface area contributed by atoms with Crippen molar-refractivity contribution in [1.29, 1.82) is 0 Å². The molecule has 0 rings (SSSR count). The number of hydrogen-bond acceptors (Lipinski definition) is 15. The molecule has 2 unspecified atom stereocenters. The zero-order valence-electron chi connectivity index (χ0n) is 57.7. The van der Waals surface area contributed by atoms with Crippen molar-refractivity contribution in [2.45, 2.75) is 374 Å². The molecule has 17 nitrogen and oxygen atoms in total. The van der Waals surface area contributed by atoms with Crippen LogP contribution in [0.2, 0.25) is 0 Å². The minimum atomic E-state index is -4.95. The van der Waals surface area contributed by atoms with Crippen molar-refractivity contribution < 1.29 is 80.2 Å². The molecule has 0 amide bonds. The zero-order chi connectivity index (χ0) is 65.7. The largest absolute Gasteiger partial charge is 0.472 e. The number of unbranched alkanes of at least 4 members (excludes halogenated alkanes) is 39. The molecule has 0 aliphatic heterocycles. The number of esters is 4. The van der Waals surface area contributed by atoms with E-state index >= 15 is 0 Å². The quantitative estimate of drug-likeness (QED) is 0.0222. The molecule has 0 saturated carbocycles. The smallest absolute Gasteiger partial charge is 0.462 e. The van der Waals surface area contributed by atoms with Crippen LogP contribution in [0.1, 0.15) is 356 Å². The minimum absolute atomic E-state index is 0.103. The molecular formula is C70H136O17P2. The maximum Gasteiger partial charge on any atom is 0.472 e. The van der Waals surface area contributed by atoms with Gasteiger partial charge in [-0.05, 0) is 37.5 Å². The first-order valence-corrected chi connectivity index (χ1v) is 39.5. The van der Waals surface area contributed by atoms with E-state index in [9.17, 15) is 43.2 Å². The molecule has 3 N–H and O–H groups in total. The highest BCUT2D eigenvalue weighted by Crippen LogP contribution is 2.45. The van der Waals surface area contributed by atoms with Crippen molar-refractivity contribution in [3.8, 4) is 0 Å². The fraction of sp³-hybridized carbons (Fsp3) is 0.943. The lowest BCUT2D eigenvalue weighted by Gasteiger charge is -2.21. The van der Waals surface area contributed by atoms with Gasteiger partial charge in [0.15, 0.2) is 12.2 Å². The van der Waals surface area contributed by atoms with Gasteiger partial charge in [0, 0.05) is 25.7 Å². The van der Waals surface area contributed by atoms with Crippen LogP contribution in [0.5, 0.6) is 0 Å². The molecule has 89 heavy (non-hydrogen) atoms. The van der Waals surface area contributed by atoms with Crippen molar-refractivity contribution in [3.63, 3.8) is 0 Å². The van der Waals surface area contributed by atoms with Gasteiger partial charge in [-0.15, -0.1) is 0 Å². The number of aliphatic hydroxyl groups excluding tert-OH is 1. The molecule has 5 atom stereocenters. The van der Waals surface area contributed by atoms with Crippen LogP contribution in [0.15, 0.2) is 0 Å². The molecule has 0 aromatic rings. The van der Waals surface area contributed by atoms with E-state index in [2.05, 4.69) is 41.5 Å². The average Bonchev–Trinajstić information content (AvgIpc) is 3.71. The lowest BCUT2D eigenvalue weighted by atomic mass is 10.0. The van der Waals surface area contributed by atoms with Gasteiger partial charge in [-0.1, -0.05) is 305 Å². The Hall–Kier alpha value is -1.94. The van der Waals surface area contributed by atoms with Crippen molar-refractivity contribution in [2.75, 3.05) is 39.6 Å². The molecule has 0 fully saturated rings. The van der Waals surface area contributed by atoms with E-state index in [-0.39, 0.29) is 25.7 Å². The molecule has 0 saturated heterocycles. The first-order chi connectivity index (χ1) is 42.9. The maximum atomic E-state index is 13.0. The second-order valence-corrected chi connectivity index (χ2v) is 29.1. The topological polar surface area (TPSA) is 237 Å². The third-order valence-electron chi connectivity index (χ3n) is 16.2. The Bertz CT molecular complexity index is 1730. The zero-order valence-corrected chi connectivity index (χ0v) is 59.5. The number of phosphoric acid groups is 2. The van der Waals surface area contributed by atoms with Crippen LogP contribution in [-0.2, 0) is 65.4 Å². The van der Waals surface area contributed by atoms with E-state index in [4.69, 9.17) is 37.0 Å². The normalized spacial score (nSPS) is 14.1. The van der Waals surface area contributed by atoms with Gasteiger partial charge in [-0.25, -0.2) is 9.13 Å². The van der Waals surface area contributed by atoms with Crippen LogP contribution < -0.4 is 0 Å². The number of ether oxygens (including phenoxy) is 4. The summed E-state index contributed by atoms with van der Waals surface area (Å²) >= 11 is 0. The molecule has 0 aromatic carbocycles. The molecule has 0 heterocycles. The Kier molecular flexibility index (Phi) is 60.8. The van der Waals surface area contributed by atoms with Gasteiger partial charge in [-0.3, -0.25) is 37.3 Å². The molecule has 0 aromatic heterocycles. The van der Waals surface area contributed by atoms with Gasteiger partial charge >= 0.3 is 39.5 Å². The van der Waals surface area contributed by atoms with E-state index in [1.807, 2.05) is 0 Å².